The molecule has 0 heterocycles. The molecule has 11 heavy (non-hydrogen) atoms. The highest BCUT2D eigenvalue weighted by molar-refractivity contribution is 7.99. The van der Waals surface area contributed by atoms with Crippen molar-refractivity contribution in [1.82, 2.24) is 5.32 Å². The van der Waals surface area contributed by atoms with Gasteiger partial charge in [0.15, 0.2) is 0 Å². The predicted molar refractivity (Wildman–Crippen MR) is 53.2 cm³/mol. The van der Waals surface area contributed by atoms with E-state index in [9.17, 15) is 0 Å². The van der Waals surface area contributed by atoms with Crippen molar-refractivity contribution in [2.24, 2.45) is 0 Å². The average Bonchev–Trinajstić information content (AvgIpc) is 1.84. The van der Waals surface area contributed by atoms with Gasteiger partial charge in [-0.05, 0) is 32.9 Å². The van der Waals surface area contributed by atoms with E-state index in [1.165, 1.54) is 19.3 Å². The Kier molecular flexibility index (Phi) is 3.26. The molecule has 0 radical (unpaired) electrons. The topological polar surface area (TPSA) is 12.0 Å². The van der Waals surface area contributed by atoms with Crippen molar-refractivity contribution in [3.63, 3.8) is 0 Å². The number of hydrogen-bond donors (Lipinski definition) is 1. The van der Waals surface area contributed by atoms with Crippen LogP contribution in [0.5, 0.6) is 0 Å². The molecule has 0 amide bonds. The summed E-state index contributed by atoms with van der Waals surface area (Å²) in [5.41, 5.74) is 0. The van der Waals surface area contributed by atoms with Crippen LogP contribution >= 0.6 is 11.8 Å². The lowest BCUT2D eigenvalue weighted by Gasteiger charge is -2.31. The Morgan fingerprint density at radius 2 is 2.09 bits per heavy atom. The summed E-state index contributed by atoms with van der Waals surface area (Å²) in [6.07, 6.45) is 6.40. The predicted octanol–water partition coefficient (Wildman–Crippen LogP) is 2.27. The SMILES string of the molecule is CSC(C)(C)CNC1CCC1. The van der Waals surface area contributed by atoms with Crippen LogP contribution in [0, 0.1) is 0 Å². The zero-order valence-corrected chi connectivity index (χ0v) is 8.63. The molecule has 1 N–H and O–H groups in total. The van der Waals surface area contributed by atoms with Crippen LogP contribution in [-0.4, -0.2) is 23.6 Å². The van der Waals surface area contributed by atoms with E-state index in [-0.39, 0.29) is 0 Å². The smallest absolute Gasteiger partial charge is 0.0225 e. The molecule has 0 aliphatic heterocycles. The number of thioether (sulfide) groups is 1. The first-order valence-electron chi connectivity index (χ1n) is 4.42. The third-order valence-corrected chi connectivity index (χ3v) is 3.72. The molecule has 0 aromatic heterocycles. The van der Waals surface area contributed by atoms with Crippen molar-refractivity contribution in [3.05, 3.63) is 0 Å². The van der Waals surface area contributed by atoms with Gasteiger partial charge in [0.05, 0.1) is 0 Å². The van der Waals surface area contributed by atoms with Crippen LogP contribution in [0.3, 0.4) is 0 Å². The van der Waals surface area contributed by atoms with Crippen molar-refractivity contribution in [3.8, 4) is 0 Å². The molecule has 1 aliphatic carbocycles. The lowest BCUT2D eigenvalue weighted by Crippen LogP contribution is -2.42. The summed E-state index contributed by atoms with van der Waals surface area (Å²) in [6, 6.07) is 0.835. The van der Waals surface area contributed by atoms with E-state index in [2.05, 4.69) is 25.4 Å². The summed E-state index contributed by atoms with van der Waals surface area (Å²) in [5.74, 6) is 0. The molecule has 1 fully saturated rings. The van der Waals surface area contributed by atoms with E-state index in [1.54, 1.807) is 0 Å². The van der Waals surface area contributed by atoms with Crippen molar-refractivity contribution < 1.29 is 0 Å². The highest BCUT2D eigenvalue weighted by Crippen LogP contribution is 2.23. The van der Waals surface area contributed by atoms with Gasteiger partial charge in [-0.3, -0.25) is 0 Å². The minimum Gasteiger partial charge on any atom is -0.313 e. The van der Waals surface area contributed by atoms with E-state index in [4.69, 9.17) is 0 Å². The molecule has 0 bridgehead atoms. The van der Waals surface area contributed by atoms with Gasteiger partial charge in [-0.25, -0.2) is 0 Å². The zero-order valence-electron chi connectivity index (χ0n) is 7.81. The Bertz CT molecular complexity index is 119. The van der Waals surface area contributed by atoms with Crippen LogP contribution in [0.25, 0.3) is 0 Å². The Hall–Kier alpha value is 0.310. The summed E-state index contributed by atoms with van der Waals surface area (Å²) < 4.78 is 0.412. The third-order valence-electron chi connectivity index (χ3n) is 2.47. The van der Waals surface area contributed by atoms with Gasteiger partial charge in [0.1, 0.15) is 0 Å². The largest absolute Gasteiger partial charge is 0.313 e. The van der Waals surface area contributed by atoms with E-state index in [0.29, 0.717) is 4.75 Å². The number of nitrogens with one attached hydrogen (secondary N) is 1. The molecule has 0 atom stereocenters. The minimum atomic E-state index is 0.412. The second-order valence-electron chi connectivity index (χ2n) is 3.97. The van der Waals surface area contributed by atoms with Crippen LogP contribution < -0.4 is 5.32 Å². The van der Waals surface area contributed by atoms with Crippen LogP contribution in [0.2, 0.25) is 0 Å². The normalized spacial score (nSPS) is 19.9. The molecule has 0 aromatic carbocycles. The van der Waals surface area contributed by atoms with Crippen molar-refractivity contribution in [2.75, 3.05) is 12.8 Å². The maximum absolute atomic E-state index is 3.59. The van der Waals surface area contributed by atoms with Crippen LogP contribution in [-0.2, 0) is 0 Å². The maximum atomic E-state index is 3.59. The Morgan fingerprint density at radius 3 is 2.45 bits per heavy atom. The Morgan fingerprint density at radius 1 is 1.45 bits per heavy atom. The van der Waals surface area contributed by atoms with Gasteiger partial charge >= 0.3 is 0 Å². The van der Waals surface area contributed by atoms with Gasteiger partial charge in [0.25, 0.3) is 0 Å². The van der Waals surface area contributed by atoms with Gasteiger partial charge in [-0.1, -0.05) is 6.42 Å². The standard InChI is InChI=1S/C9H19NS/c1-9(2,11-3)7-10-8-5-4-6-8/h8,10H,4-7H2,1-3H3. The second kappa shape index (κ2) is 3.81. The van der Waals surface area contributed by atoms with Crippen LogP contribution in [0.4, 0.5) is 0 Å². The lowest BCUT2D eigenvalue weighted by molar-refractivity contribution is 0.332. The van der Waals surface area contributed by atoms with E-state index in [0.717, 1.165) is 12.6 Å². The minimum absolute atomic E-state index is 0.412. The van der Waals surface area contributed by atoms with Gasteiger partial charge in [0, 0.05) is 17.3 Å². The number of rotatable bonds is 4. The summed E-state index contributed by atoms with van der Waals surface area (Å²) >= 11 is 1.94. The molecular weight excluding hydrogens is 154 g/mol. The van der Waals surface area contributed by atoms with Gasteiger partial charge in [-0.15, -0.1) is 0 Å². The van der Waals surface area contributed by atoms with E-state index < -0.39 is 0 Å². The fourth-order valence-corrected chi connectivity index (χ4v) is 1.30. The fourth-order valence-electron chi connectivity index (χ4n) is 1.07. The molecule has 1 rings (SSSR count). The highest BCUT2D eigenvalue weighted by Gasteiger charge is 2.21. The van der Waals surface area contributed by atoms with E-state index in [1.807, 2.05) is 11.8 Å². The van der Waals surface area contributed by atoms with Crippen LogP contribution in [0.1, 0.15) is 33.1 Å². The molecule has 0 aromatic rings. The second-order valence-corrected chi connectivity index (χ2v) is 5.49. The zero-order chi connectivity index (χ0) is 8.32. The summed E-state index contributed by atoms with van der Waals surface area (Å²) in [6.45, 7) is 5.74. The van der Waals surface area contributed by atoms with Gasteiger partial charge < -0.3 is 5.32 Å². The first-order chi connectivity index (χ1) is 5.14. The molecule has 1 saturated carbocycles. The fraction of sp³-hybridized carbons (Fsp3) is 1.00. The van der Waals surface area contributed by atoms with Crippen LogP contribution in [0.15, 0.2) is 0 Å². The van der Waals surface area contributed by atoms with Crippen molar-refractivity contribution in [2.45, 2.75) is 43.9 Å². The maximum Gasteiger partial charge on any atom is 0.0225 e. The molecule has 2 heteroatoms. The molecule has 1 nitrogen and oxygen atoms in total. The Labute approximate surface area is 74.3 Å². The highest BCUT2D eigenvalue weighted by atomic mass is 32.2. The molecular formula is C9H19NS. The quantitative estimate of drug-likeness (QED) is 0.700. The molecule has 66 valence electrons. The van der Waals surface area contributed by atoms with Gasteiger partial charge in [0.2, 0.25) is 0 Å². The summed E-state index contributed by atoms with van der Waals surface area (Å²) in [4.78, 5) is 0. The lowest BCUT2D eigenvalue weighted by atomic mass is 9.93. The first kappa shape index (κ1) is 9.40. The van der Waals surface area contributed by atoms with Gasteiger partial charge in [-0.2, -0.15) is 11.8 Å². The Balaban J connectivity index is 2.09. The first-order valence-corrected chi connectivity index (χ1v) is 5.65. The summed E-state index contributed by atoms with van der Waals surface area (Å²) in [5, 5.41) is 3.59. The summed E-state index contributed by atoms with van der Waals surface area (Å²) in [7, 11) is 0. The van der Waals surface area contributed by atoms with E-state index >= 15 is 0 Å². The molecule has 0 unspecified atom stereocenters. The van der Waals surface area contributed by atoms with Crippen molar-refractivity contribution in [1.29, 1.82) is 0 Å². The molecule has 0 spiro atoms. The number of hydrogen-bond acceptors (Lipinski definition) is 2. The average molecular weight is 173 g/mol. The van der Waals surface area contributed by atoms with Crippen molar-refractivity contribution >= 4 is 11.8 Å². The molecule has 0 saturated heterocycles. The molecule has 1 aliphatic rings. The third kappa shape index (κ3) is 3.04. The monoisotopic (exact) mass is 173 g/mol.